The van der Waals surface area contributed by atoms with Crippen LogP contribution in [0.25, 0.3) is 0 Å². The van der Waals surface area contributed by atoms with Gasteiger partial charge in [-0.1, -0.05) is 6.92 Å². The number of rotatable bonds is 6. The predicted octanol–water partition coefficient (Wildman–Crippen LogP) is 4.50. The van der Waals surface area contributed by atoms with Crippen molar-refractivity contribution in [3.8, 4) is 0 Å². The van der Waals surface area contributed by atoms with Crippen LogP contribution >= 0.6 is 0 Å². The minimum Gasteiger partial charge on any atom is -0.353 e. The molecule has 38 heavy (non-hydrogen) atoms. The van der Waals surface area contributed by atoms with Gasteiger partial charge in [0.2, 0.25) is 11.5 Å². The highest BCUT2D eigenvalue weighted by atomic mass is 19.4. The maximum Gasteiger partial charge on any atom is 0.404 e. The van der Waals surface area contributed by atoms with E-state index in [2.05, 4.69) is 10.6 Å². The summed E-state index contributed by atoms with van der Waals surface area (Å²) in [5.74, 6) is -3.67. The van der Waals surface area contributed by atoms with Gasteiger partial charge in [-0.3, -0.25) is 10.2 Å². The van der Waals surface area contributed by atoms with Crippen molar-refractivity contribution in [2.75, 3.05) is 6.54 Å². The van der Waals surface area contributed by atoms with Crippen molar-refractivity contribution in [2.45, 2.75) is 95.9 Å². The number of nitrogens with zero attached hydrogens (tertiary/aromatic N) is 2. The number of carbonyl (C=O) groups is 1. The first kappa shape index (κ1) is 29.1. The summed E-state index contributed by atoms with van der Waals surface area (Å²) in [6, 6.07) is -2.07. The van der Waals surface area contributed by atoms with Crippen LogP contribution in [0.3, 0.4) is 0 Å². The minimum atomic E-state index is -4.50. The largest absolute Gasteiger partial charge is 0.404 e. The van der Waals surface area contributed by atoms with E-state index in [0.717, 1.165) is 0 Å². The molecule has 2 aliphatic carbocycles. The summed E-state index contributed by atoms with van der Waals surface area (Å²) >= 11 is 0. The van der Waals surface area contributed by atoms with Gasteiger partial charge in [-0.15, -0.1) is 0 Å². The topological polar surface area (TPSA) is 74.8 Å². The molecule has 0 spiro atoms. The number of piperidine rings is 1. The first-order valence-electron chi connectivity index (χ1n) is 14.0. The lowest BCUT2D eigenvalue weighted by Gasteiger charge is -2.46. The fourth-order valence-corrected chi connectivity index (χ4v) is 7.20. The van der Waals surface area contributed by atoms with Gasteiger partial charge in [0.05, 0.1) is 5.92 Å². The van der Waals surface area contributed by atoms with Gasteiger partial charge in [0.25, 0.3) is 0 Å². The lowest BCUT2D eigenvalue weighted by Crippen LogP contribution is -2.57. The molecule has 9 unspecified atom stereocenters. The monoisotopic (exact) mass is 547 g/mol. The van der Waals surface area contributed by atoms with Gasteiger partial charge in [-0.05, 0) is 88.0 Å². The Labute approximate surface area is 221 Å². The zero-order valence-electron chi connectivity index (χ0n) is 22.5. The Kier molecular flexibility index (Phi) is 8.94. The SMILES string of the molecule is CC1CC([C@H](C)NC(=O)C2CC(Cn3ccn(C)c3=N)CC(C3CCCNC3C(F)(F)F)C2F)CCC1F. The predicted molar refractivity (Wildman–Crippen MR) is 133 cm³/mol. The lowest BCUT2D eigenvalue weighted by atomic mass is 9.65. The maximum atomic E-state index is 16.2. The Balaban J connectivity index is 1.55. The van der Waals surface area contributed by atoms with Crippen LogP contribution in [0.2, 0.25) is 0 Å². The number of imidazole rings is 1. The van der Waals surface area contributed by atoms with Gasteiger partial charge in [0.1, 0.15) is 18.4 Å². The quantitative estimate of drug-likeness (QED) is 0.459. The van der Waals surface area contributed by atoms with E-state index in [1.165, 1.54) is 0 Å². The van der Waals surface area contributed by atoms with Crippen LogP contribution < -0.4 is 16.3 Å². The molecular weight excluding hydrogens is 505 g/mol. The normalized spacial score (nSPS) is 37.5. The molecule has 1 aromatic rings. The van der Waals surface area contributed by atoms with E-state index in [-0.39, 0.29) is 55.2 Å². The minimum absolute atomic E-state index is 0.0806. The van der Waals surface area contributed by atoms with E-state index in [1.807, 2.05) is 13.8 Å². The van der Waals surface area contributed by atoms with Crippen molar-refractivity contribution in [3.63, 3.8) is 0 Å². The highest BCUT2D eigenvalue weighted by Gasteiger charge is 2.53. The zero-order valence-corrected chi connectivity index (χ0v) is 22.5. The Morgan fingerprint density at radius 2 is 1.89 bits per heavy atom. The van der Waals surface area contributed by atoms with Gasteiger partial charge < -0.3 is 19.8 Å². The van der Waals surface area contributed by atoms with Crippen molar-refractivity contribution >= 4 is 5.91 Å². The molecule has 1 aliphatic heterocycles. The van der Waals surface area contributed by atoms with Crippen molar-refractivity contribution < 1.29 is 26.7 Å². The van der Waals surface area contributed by atoms with Crippen LogP contribution in [0.4, 0.5) is 22.0 Å². The molecule has 1 aromatic heterocycles. The molecule has 2 heterocycles. The number of carbonyl (C=O) groups excluding carboxylic acids is 1. The maximum absolute atomic E-state index is 16.2. The third-order valence-corrected chi connectivity index (χ3v) is 9.45. The van der Waals surface area contributed by atoms with E-state index in [0.29, 0.717) is 32.2 Å². The van der Waals surface area contributed by atoms with Crippen LogP contribution in [-0.4, -0.2) is 52.2 Å². The van der Waals surface area contributed by atoms with Gasteiger partial charge in [-0.25, -0.2) is 8.78 Å². The second-order valence-electron chi connectivity index (χ2n) is 12.1. The van der Waals surface area contributed by atoms with Gasteiger partial charge in [-0.2, -0.15) is 13.2 Å². The zero-order chi connectivity index (χ0) is 27.8. The summed E-state index contributed by atoms with van der Waals surface area (Å²) in [7, 11) is 1.73. The van der Waals surface area contributed by atoms with Crippen LogP contribution in [0, 0.1) is 40.9 Å². The highest BCUT2D eigenvalue weighted by molar-refractivity contribution is 5.79. The molecule has 3 N–H and O–H groups in total. The molecule has 4 rings (SSSR count). The Morgan fingerprint density at radius 1 is 1.16 bits per heavy atom. The van der Waals surface area contributed by atoms with Gasteiger partial charge >= 0.3 is 6.18 Å². The van der Waals surface area contributed by atoms with Crippen molar-refractivity contribution in [3.05, 3.63) is 18.0 Å². The number of aromatic nitrogens is 2. The lowest BCUT2D eigenvalue weighted by molar-refractivity contribution is -0.183. The summed E-state index contributed by atoms with van der Waals surface area (Å²) in [6.07, 6.45) is -0.650. The summed E-state index contributed by atoms with van der Waals surface area (Å²) in [6.45, 7) is 4.29. The molecule has 0 bridgehead atoms. The van der Waals surface area contributed by atoms with E-state index in [1.54, 1.807) is 28.6 Å². The number of nitrogens with one attached hydrogen (secondary N) is 3. The smallest absolute Gasteiger partial charge is 0.353 e. The molecule has 11 heteroatoms. The number of halogens is 5. The molecule has 216 valence electrons. The van der Waals surface area contributed by atoms with Gasteiger partial charge in [0.15, 0.2) is 0 Å². The molecule has 0 aromatic carbocycles. The molecule has 0 radical (unpaired) electrons. The Morgan fingerprint density at radius 3 is 2.53 bits per heavy atom. The molecule has 3 aliphatic rings. The molecule has 10 atom stereocenters. The van der Waals surface area contributed by atoms with Crippen molar-refractivity contribution in [2.24, 2.45) is 42.6 Å². The van der Waals surface area contributed by atoms with Crippen LogP contribution in [0.1, 0.15) is 58.8 Å². The second kappa shape index (κ2) is 11.7. The first-order chi connectivity index (χ1) is 17.9. The van der Waals surface area contributed by atoms with Crippen LogP contribution in [0.15, 0.2) is 12.4 Å². The fourth-order valence-electron chi connectivity index (χ4n) is 7.20. The average molecular weight is 548 g/mol. The molecule has 2 saturated carbocycles. The Hall–Kier alpha value is -1.91. The number of amides is 1. The summed E-state index contributed by atoms with van der Waals surface area (Å²) in [5.41, 5.74) is 0.239. The fraction of sp³-hybridized carbons (Fsp3) is 0.852. The third-order valence-electron chi connectivity index (χ3n) is 9.45. The van der Waals surface area contributed by atoms with Crippen LogP contribution in [0.5, 0.6) is 0 Å². The van der Waals surface area contributed by atoms with Crippen molar-refractivity contribution in [1.82, 2.24) is 19.8 Å². The first-order valence-corrected chi connectivity index (χ1v) is 14.0. The van der Waals surface area contributed by atoms with Crippen molar-refractivity contribution in [1.29, 1.82) is 5.41 Å². The van der Waals surface area contributed by atoms with Gasteiger partial charge in [0, 0.05) is 32.0 Å². The number of alkyl halides is 5. The number of hydrogen-bond donors (Lipinski definition) is 3. The average Bonchev–Trinajstić information content (AvgIpc) is 3.18. The Bertz CT molecular complexity index is 1010. The number of aryl methyl sites for hydroxylation is 1. The number of hydrogen-bond acceptors (Lipinski definition) is 3. The molecule has 3 fully saturated rings. The van der Waals surface area contributed by atoms with E-state index in [9.17, 15) is 22.4 Å². The standard InChI is InChI=1S/C27H42F5N5O/c1-15-11-18(6-7-22(15)28)16(2)35-25(38)21-13-17(14-37-10-9-36(3)26(37)33)12-20(23(21)29)19-5-4-8-34-24(19)27(30,31)32/h9-10,15-24,33-34H,4-8,11-14H2,1-3H3,(H,35,38)/t15?,16-,17?,18?,19?,20?,21?,22?,23?,24?/m0/s1. The van der Waals surface area contributed by atoms with E-state index >= 15 is 4.39 Å². The molecule has 6 nitrogen and oxygen atoms in total. The molecular formula is C27H42F5N5O. The van der Waals surface area contributed by atoms with E-state index < -0.39 is 48.2 Å². The summed E-state index contributed by atoms with van der Waals surface area (Å²) in [5, 5.41) is 13.8. The second-order valence-corrected chi connectivity index (χ2v) is 12.1. The van der Waals surface area contributed by atoms with E-state index in [4.69, 9.17) is 5.41 Å². The third kappa shape index (κ3) is 6.28. The van der Waals surface area contributed by atoms with Crippen LogP contribution in [-0.2, 0) is 18.4 Å². The molecule has 1 amide bonds. The summed E-state index contributed by atoms with van der Waals surface area (Å²) in [4.78, 5) is 13.5. The summed E-state index contributed by atoms with van der Waals surface area (Å²) < 4.78 is 75.3. The molecule has 1 saturated heterocycles. The highest BCUT2D eigenvalue weighted by Crippen LogP contribution is 2.46.